The minimum Gasteiger partial charge on any atom is -0.461 e. The minimum absolute atomic E-state index is 0.126. The fourth-order valence-electron chi connectivity index (χ4n) is 1.27. The second-order valence-corrected chi connectivity index (χ2v) is 3.21. The normalized spacial score (nSPS) is 10.2. The first-order valence-corrected chi connectivity index (χ1v) is 4.91. The summed E-state index contributed by atoms with van der Waals surface area (Å²) in [4.78, 5) is 11.4. The lowest BCUT2D eigenvalue weighted by molar-refractivity contribution is 0.0952. The van der Waals surface area contributed by atoms with Crippen molar-refractivity contribution in [2.75, 3.05) is 0 Å². The minimum atomic E-state index is 0.126. The van der Waals surface area contributed by atoms with Crippen LogP contribution in [-0.4, -0.2) is 5.78 Å². The second kappa shape index (κ2) is 5.57. The number of carbonyl (C=O) groups is 1. The van der Waals surface area contributed by atoms with Gasteiger partial charge in [0.1, 0.15) is 0 Å². The molecule has 0 aliphatic rings. The van der Waals surface area contributed by atoms with Crippen molar-refractivity contribution in [1.82, 2.24) is 0 Å². The van der Waals surface area contributed by atoms with E-state index in [2.05, 4.69) is 6.92 Å². The van der Waals surface area contributed by atoms with Gasteiger partial charge in [0.25, 0.3) is 0 Å². The molecule has 0 radical (unpaired) electrons. The molecule has 2 nitrogen and oxygen atoms in total. The Morgan fingerprint density at radius 3 is 2.85 bits per heavy atom. The summed E-state index contributed by atoms with van der Waals surface area (Å²) in [5, 5.41) is 0. The molecule has 13 heavy (non-hydrogen) atoms. The molecule has 0 aromatic carbocycles. The number of ketones is 1. The van der Waals surface area contributed by atoms with Crippen molar-refractivity contribution in [3.8, 4) is 0 Å². The number of furan rings is 1. The van der Waals surface area contributed by atoms with Gasteiger partial charge in [-0.25, -0.2) is 0 Å². The smallest absolute Gasteiger partial charge is 0.197 e. The quantitative estimate of drug-likeness (QED) is 0.496. The molecule has 1 aromatic heterocycles. The van der Waals surface area contributed by atoms with Gasteiger partial charge in [0.2, 0.25) is 0 Å². The van der Waals surface area contributed by atoms with Crippen LogP contribution in [0.2, 0.25) is 0 Å². The van der Waals surface area contributed by atoms with Crippen LogP contribution >= 0.6 is 0 Å². The molecule has 72 valence electrons. The topological polar surface area (TPSA) is 30.2 Å². The maximum atomic E-state index is 11.4. The van der Waals surface area contributed by atoms with Crippen LogP contribution in [0.4, 0.5) is 0 Å². The van der Waals surface area contributed by atoms with Crippen molar-refractivity contribution >= 4 is 5.78 Å². The van der Waals surface area contributed by atoms with Gasteiger partial charge >= 0.3 is 0 Å². The summed E-state index contributed by atoms with van der Waals surface area (Å²) in [7, 11) is 0. The molecule has 0 aliphatic carbocycles. The van der Waals surface area contributed by atoms with E-state index in [1.54, 1.807) is 18.4 Å². The molecule has 0 spiro atoms. The Kier molecular flexibility index (Phi) is 4.30. The highest BCUT2D eigenvalue weighted by Crippen LogP contribution is 2.09. The van der Waals surface area contributed by atoms with Crippen LogP contribution in [0.3, 0.4) is 0 Å². The third-order valence-electron chi connectivity index (χ3n) is 2.05. The Morgan fingerprint density at radius 2 is 2.23 bits per heavy atom. The highest BCUT2D eigenvalue weighted by molar-refractivity contribution is 5.93. The molecule has 0 atom stereocenters. The zero-order valence-electron chi connectivity index (χ0n) is 8.08. The average Bonchev–Trinajstić information content (AvgIpc) is 2.65. The van der Waals surface area contributed by atoms with Gasteiger partial charge in [0.05, 0.1) is 6.26 Å². The first kappa shape index (κ1) is 10.0. The summed E-state index contributed by atoms with van der Waals surface area (Å²) in [6.07, 6.45) is 6.70. The zero-order chi connectivity index (χ0) is 9.52. The van der Waals surface area contributed by atoms with Crippen molar-refractivity contribution in [2.24, 2.45) is 0 Å². The van der Waals surface area contributed by atoms with Gasteiger partial charge in [-0.2, -0.15) is 0 Å². The molecule has 0 bridgehead atoms. The van der Waals surface area contributed by atoms with Crippen LogP contribution in [0.5, 0.6) is 0 Å². The van der Waals surface area contributed by atoms with E-state index in [0.29, 0.717) is 12.2 Å². The van der Waals surface area contributed by atoms with Crippen LogP contribution in [0, 0.1) is 0 Å². The maximum Gasteiger partial charge on any atom is 0.197 e. The van der Waals surface area contributed by atoms with E-state index in [-0.39, 0.29) is 5.78 Å². The van der Waals surface area contributed by atoms with Gasteiger partial charge in [0, 0.05) is 6.42 Å². The number of carbonyl (C=O) groups excluding carboxylic acids is 1. The SMILES string of the molecule is CCCCCCC(=O)c1ccco1. The molecule has 0 saturated carbocycles. The van der Waals surface area contributed by atoms with Gasteiger partial charge in [-0.1, -0.05) is 26.2 Å². The van der Waals surface area contributed by atoms with E-state index in [4.69, 9.17) is 4.42 Å². The number of hydrogen-bond donors (Lipinski definition) is 0. The lowest BCUT2D eigenvalue weighted by Gasteiger charge is -1.96. The Bertz CT molecular complexity index is 237. The molecule has 2 heteroatoms. The lowest BCUT2D eigenvalue weighted by Crippen LogP contribution is -1.96. The van der Waals surface area contributed by atoms with Gasteiger partial charge in [-0.05, 0) is 18.6 Å². The molecule has 0 fully saturated rings. The van der Waals surface area contributed by atoms with Crippen LogP contribution in [0.25, 0.3) is 0 Å². The predicted octanol–water partition coefficient (Wildman–Crippen LogP) is 3.43. The van der Waals surface area contributed by atoms with Crippen molar-refractivity contribution in [3.63, 3.8) is 0 Å². The summed E-state index contributed by atoms with van der Waals surface area (Å²) in [6, 6.07) is 3.47. The fraction of sp³-hybridized carbons (Fsp3) is 0.545. The first-order valence-electron chi connectivity index (χ1n) is 4.91. The largest absolute Gasteiger partial charge is 0.461 e. The Labute approximate surface area is 78.9 Å². The van der Waals surface area contributed by atoms with E-state index in [1.807, 2.05) is 0 Å². The molecule has 1 rings (SSSR count). The standard InChI is InChI=1S/C11H16O2/c1-2-3-4-5-7-10(12)11-8-6-9-13-11/h6,8-9H,2-5,7H2,1H3. The monoisotopic (exact) mass is 180 g/mol. The molecule has 0 saturated heterocycles. The van der Waals surface area contributed by atoms with Crippen LogP contribution in [-0.2, 0) is 0 Å². The zero-order valence-corrected chi connectivity index (χ0v) is 8.08. The molecule has 0 N–H and O–H groups in total. The van der Waals surface area contributed by atoms with Gasteiger partial charge < -0.3 is 4.42 Å². The van der Waals surface area contributed by atoms with Gasteiger partial charge in [0.15, 0.2) is 11.5 Å². The third-order valence-corrected chi connectivity index (χ3v) is 2.05. The van der Waals surface area contributed by atoms with Gasteiger partial charge in [-0.15, -0.1) is 0 Å². The van der Waals surface area contributed by atoms with E-state index in [9.17, 15) is 4.79 Å². The van der Waals surface area contributed by atoms with Crippen molar-refractivity contribution in [3.05, 3.63) is 24.2 Å². The fourth-order valence-corrected chi connectivity index (χ4v) is 1.27. The Hall–Kier alpha value is -1.05. The Balaban J connectivity index is 2.19. The maximum absolute atomic E-state index is 11.4. The van der Waals surface area contributed by atoms with E-state index in [1.165, 1.54) is 12.8 Å². The molecule has 0 aliphatic heterocycles. The number of rotatable bonds is 6. The molecule has 1 aromatic rings. The summed E-state index contributed by atoms with van der Waals surface area (Å²) < 4.78 is 5.00. The van der Waals surface area contributed by atoms with E-state index in [0.717, 1.165) is 12.8 Å². The molecule has 1 heterocycles. The van der Waals surface area contributed by atoms with Gasteiger partial charge in [-0.3, -0.25) is 4.79 Å². The van der Waals surface area contributed by atoms with Crippen molar-refractivity contribution in [2.45, 2.75) is 39.0 Å². The third kappa shape index (κ3) is 3.45. The molecule has 0 unspecified atom stereocenters. The summed E-state index contributed by atoms with van der Waals surface area (Å²) in [6.45, 7) is 2.16. The number of hydrogen-bond acceptors (Lipinski definition) is 2. The first-order chi connectivity index (χ1) is 6.34. The van der Waals surface area contributed by atoms with E-state index >= 15 is 0 Å². The highest BCUT2D eigenvalue weighted by atomic mass is 16.3. The van der Waals surface area contributed by atoms with Crippen LogP contribution in [0.1, 0.15) is 49.6 Å². The summed E-state index contributed by atoms with van der Waals surface area (Å²) >= 11 is 0. The van der Waals surface area contributed by atoms with E-state index < -0.39 is 0 Å². The lowest BCUT2D eigenvalue weighted by atomic mass is 10.1. The second-order valence-electron chi connectivity index (χ2n) is 3.21. The Morgan fingerprint density at radius 1 is 1.38 bits per heavy atom. The average molecular weight is 180 g/mol. The highest BCUT2D eigenvalue weighted by Gasteiger charge is 2.06. The molecule has 0 amide bonds. The summed E-state index contributed by atoms with van der Waals surface area (Å²) in [5.41, 5.74) is 0. The number of unbranched alkanes of at least 4 members (excludes halogenated alkanes) is 3. The predicted molar refractivity (Wildman–Crippen MR) is 51.8 cm³/mol. The van der Waals surface area contributed by atoms with Crippen LogP contribution < -0.4 is 0 Å². The summed E-state index contributed by atoms with van der Waals surface area (Å²) in [5.74, 6) is 0.623. The van der Waals surface area contributed by atoms with Crippen molar-refractivity contribution in [1.29, 1.82) is 0 Å². The number of Topliss-reactive ketones (excluding diaryl/α,β-unsaturated/α-hetero) is 1. The molecular weight excluding hydrogens is 164 g/mol. The van der Waals surface area contributed by atoms with Crippen LogP contribution in [0.15, 0.2) is 22.8 Å². The molecular formula is C11H16O2. The van der Waals surface area contributed by atoms with Crippen molar-refractivity contribution < 1.29 is 9.21 Å².